The highest BCUT2D eigenvalue weighted by Gasteiger charge is 2.29. The van der Waals surface area contributed by atoms with E-state index in [9.17, 15) is 9.59 Å². The maximum absolute atomic E-state index is 12.4. The monoisotopic (exact) mass is 389 g/mol. The first kappa shape index (κ1) is 22.1. The Hall–Kier alpha value is -2.24. The Kier molecular flexibility index (Phi) is 8.15. The third kappa shape index (κ3) is 7.06. The highest BCUT2D eigenvalue weighted by molar-refractivity contribution is 5.79. The van der Waals surface area contributed by atoms with Gasteiger partial charge in [-0.25, -0.2) is 4.79 Å². The molecule has 1 aliphatic heterocycles. The molecule has 28 heavy (non-hydrogen) atoms. The number of ether oxygens (including phenoxy) is 1. The van der Waals surface area contributed by atoms with Crippen molar-refractivity contribution in [2.45, 2.75) is 52.6 Å². The van der Waals surface area contributed by atoms with Crippen LogP contribution in [0.1, 0.15) is 47.0 Å². The molecule has 2 amide bonds. The van der Waals surface area contributed by atoms with Crippen molar-refractivity contribution in [1.29, 1.82) is 0 Å². The lowest BCUT2D eigenvalue weighted by molar-refractivity contribution is -0.126. The number of piperidine rings is 1. The highest BCUT2D eigenvalue weighted by Crippen LogP contribution is 2.20. The summed E-state index contributed by atoms with van der Waals surface area (Å²) in [5, 5.41) is 3.07. The van der Waals surface area contributed by atoms with Crippen molar-refractivity contribution >= 4 is 17.7 Å². The van der Waals surface area contributed by atoms with Crippen molar-refractivity contribution < 1.29 is 14.3 Å². The summed E-state index contributed by atoms with van der Waals surface area (Å²) in [5.74, 6) is 0.0849. The van der Waals surface area contributed by atoms with Crippen LogP contribution >= 0.6 is 0 Å². The fourth-order valence-electron chi connectivity index (χ4n) is 3.39. The van der Waals surface area contributed by atoms with E-state index in [0.717, 1.165) is 19.5 Å². The number of hydrogen-bond acceptors (Lipinski definition) is 4. The van der Waals surface area contributed by atoms with E-state index in [4.69, 9.17) is 4.74 Å². The van der Waals surface area contributed by atoms with E-state index in [0.29, 0.717) is 32.5 Å². The zero-order valence-electron chi connectivity index (χ0n) is 17.7. The average molecular weight is 390 g/mol. The average Bonchev–Trinajstić information content (AvgIpc) is 2.67. The van der Waals surface area contributed by atoms with Gasteiger partial charge >= 0.3 is 6.09 Å². The molecule has 2 rings (SSSR count). The molecule has 1 aromatic carbocycles. The number of nitrogens with one attached hydrogen (secondary N) is 1. The summed E-state index contributed by atoms with van der Waals surface area (Å²) in [6, 6.07) is 10.3. The van der Waals surface area contributed by atoms with Crippen molar-refractivity contribution in [1.82, 2.24) is 10.2 Å². The second kappa shape index (κ2) is 10.3. The van der Waals surface area contributed by atoms with Crippen LogP contribution in [0.15, 0.2) is 30.3 Å². The van der Waals surface area contributed by atoms with Gasteiger partial charge in [0.05, 0.1) is 0 Å². The second-order valence-electron chi connectivity index (χ2n) is 8.30. The van der Waals surface area contributed by atoms with E-state index in [1.165, 1.54) is 5.69 Å². The SMILES string of the molecule is CCN(CCCNC(=O)C1CCN(C(=O)OC(C)(C)C)CC1)c1ccccc1. The van der Waals surface area contributed by atoms with Crippen LogP contribution in [0.4, 0.5) is 10.5 Å². The van der Waals surface area contributed by atoms with Gasteiger partial charge in [0.1, 0.15) is 5.60 Å². The van der Waals surface area contributed by atoms with Gasteiger partial charge < -0.3 is 19.9 Å². The van der Waals surface area contributed by atoms with Crippen molar-refractivity contribution in [3.63, 3.8) is 0 Å². The Morgan fingerprint density at radius 2 is 1.82 bits per heavy atom. The third-order valence-corrected chi connectivity index (χ3v) is 4.92. The zero-order valence-corrected chi connectivity index (χ0v) is 17.7. The lowest BCUT2D eigenvalue weighted by Crippen LogP contribution is -2.45. The van der Waals surface area contributed by atoms with E-state index in [2.05, 4.69) is 29.3 Å². The quantitative estimate of drug-likeness (QED) is 0.723. The first-order chi connectivity index (χ1) is 13.3. The van der Waals surface area contributed by atoms with Gasteiger partial charge in [-0.1, -0.05) is 18.2 Å². The van der Waals surface area contributed by atoms with Gasteiger partial charge in [-0.15, -0.1) is 0 Å². The van der Waals surface area contributed by atoms with Crippen LogP contribution in [0.5, 0.6) is 0 Å². The van der Waals surface area contributed by atoms with E-state index in [1.807, 2.05) is 39.0 Å². The predicted octanol–water partition coefficient (Wildman–Crippen LogP) is 3.67. The third-order valence-electron chi connectivity index (χ3n) is 4.92. The molecule has 0 atom stereocenters. The van der Waals surface area contributed by atoms with Gasteiger partial charge in [-0.2, -0.15) is 0 Å². The number of hydrogen-bond donors (Lipinski definition) is 1. The zero-order chi connectivity index (χ0) is 20.6. The number of carbonyl (C=O) groups excluding carboxylic acids is 2. The molecule has 0 unspecified atom stereocenters. The Morgan fingerprint density at radius 1 is 1.18 bits per heavy atom. The fraction of sp³-hybridized carbons (Fsp3) is 0.636. The molecule has 6 heteroatoms. The van der Waals surface area contributed by atoms with E-state index < -0.39 is 5.60 Å². The van der Waals surface area contributed by atoms with Crippen LogP contribution in [0.25, 0.3) is 0 Å². The van der Waals surface area contributed by atoms with Crippen molar-refractivity contribution in [2.75, 3.05) is 37.6 Å². The standard InChI is InChI=1S/C22H35N3O3/c1-5-24(19-10-7-6-8-11-19)15-9-14-23-20(26)18-12-16-25(17-13-18)21(27)28-22(2,3)4/h6-8,10-11,18H,5,9,12-17H2,1-4H3,(H,23,26). The summed E-state index contributed by atoms with van der Waals surface area (Å²) >= 11 is 0. The molecule has 0 spiro atoms. The van der Waals surface area contributed by atoms with Gasteiger partial charge in [0.25, 0.3) is 0 Å². The van der Waals surface area contributed by atoms with E-state index in [-0.39, 0.29) is 17.9 Å². The summed E-state index contributed by atoms with van der Waals surface area (Å²) in [4.78, 5) is 28.6. The number of nitrogens with zero attached hydrogens (tertiary/aromatic N) is 2. The molecule has 0 bridgehead atoms. The molecule has 156 valence electrons. The number of benzene rings is 1. The van der Waals surface area contributed by atoms with E-state index >= 15 is 0 Å². The van der Waals surface area contributed by atoms with Gasteiger partial charge in [0.15, 0.2) is 0 Å². The van der Waals surface area contributed by atoms with Crippen LogP contribution in [-0.2, 0) is 9.53 Å². The van der Waals surface area contributed by atoms with Crippen LogP contribution in [0.3, 0.4) is 0 Å². The molecule has 1 fully saturated rings. The molecule has 0 saturated carbocycles. The highest BCUT2D eigenvalue weighted by atomic mass is 16.6. The van der Waals surface area contributed by atoms with E-state index in [1.54, 1.807) is 4.90 Å². The van der Waals surface area contributed by atoms with Crippen LogP contribution in [0, 0.1) is 5.92 Å². The molecule has 1 aliphatic rings. The van der Waals surface area contributed by atoms with Crippen molar-refractivity contribution in [3.05, 3.63) is 30.3 Å². The molecular formula is C22H35N3O3. The largest absolute Gasteiger partial charge is 0.444 e. The molecule has 1 aromatic rings. The molecule has 1 saturated heterocycles. The first-order valence-corrected chi connectivity index (χ1v) is 10.4. The normalized spacial score (nSPS) is 15.2. The molecule has 1 N–H and O–H groups in total. The summed E-state index contributed by atoms with van der Waals surface area (Å²) in [6.45, 7) is 11.4. The molecule has 6 nitrogen and oxygen atoms in total. The summed E-state index contributed by atoms with van der Waals surface area (Å²) < 4.78 is 5.40. The van der Waals surface area contributed by atoms with Gasteiger partial charge in [-0.05, 0) is 59.1 Å². The minimum Gasteiger partial charge on any atom is -0.444 e. The lowest BCUT2D eigenvalue weighted by Gasteiger charge is -2.33. The Bertz CT molecular complexity index is 620. The van der Waals surface area contributed by atoms with Crippen molar-refractivity contribution in [2.24, 2.45) is 5.92 Å². The minimum absolute atomic E-state index is 0.0184. The Labute approximate surface area is 169 Å². The lowest BCUT2D eigenvalue weighted by atomic mass is 9.96. The van der Waals surface area contributed by atoms with Gasteiger partial charge in [-0.3, -0.25) is 4.79 Å². The maximum atomic E-state index is 12.4. The summed E-state index contributed by atoms with van der Waals surface area (Å²) in [5.41, 5.74) is 0.725. The predicted molar refractivity (Wildman–Crippen MR) is 112 cm³/mol. The number of likely N-dealkylation sites (tertiary alicyclic amines) is 1. The topological polar surface area (TPSA) is 61.9 Å². The van der Waals surface area contributed by atoms with Gasteiger partial charge in [0, 0.05) is 44.3 Å². The number of anilines is 1. The first-order valence-electron chi connectivity index (χ1n) is 10.4. The molecule has 0 aliphatic carbocycles. The molecule has 0 radical (unpaired) electrons. The maximum Gasteiger partial charge on any atom is 0.410 e. The van der Waals surface area contributed by atoms with Crippen LogP contribution in [-0.4, -0.2) is 55.2 Å². The smallest absolute Gasteiger partial charge is 0.410 e. The number of amides is 2. The van der Waals surface area contributed by atoms with Crippen LogP contribution in [0.2, 0.25) is 0 Å². The van der Waals surface area contributed by atoms with Crippen LogP contribution < -0.4 is 10.2 Å². The number of rotatable bonds is 7. The summed E-state index contributed by atoms with van der Waals surface area (Å²) in [7, 11) is 0. The van der Waals surface area contributed by atoms with Crippen molar-refractivity contribution in [3.8, 4) is 0 Å². The Morgan fingerprint density at radius 3 is 2.39 bits per heavy atom. The van der Waals surface area contributed by atoms with Gasteiger partial charge in [0.2, 0.25) is 5.91 Å². The molecule has 0 aromatic heterocycles. The minimum atomic E-state index is -0.489. The summed E-state index contributed by atoms with van der Waals surface area (Å²) in [6.07, 6.45) is 2.00. The second-order valence-corrected chi connectivity index (χ2v) is 8.30. The number of para-hydroxylation sites is 1. The Balaban J connectivity index is 1.67. The fourth-order valence-corrected chi connectivity index (χ4v) is 3.39. The molecular weight excluding hydrogens is 354 g/mol. The molecule has 1 heterocycles. The number of carbonyl (C=O) groups is 2.